The SMILES string of the molecule is COc1ccc(/C(O)=C2\C(=O)C(=O)N(c3cc(C)on3)[C@H]2c2cccc(Cl)c2)cc1. The fourth-order valence-electron chi connectivity index (χ4n) is 3.43. The van der Waals surface area contributed by atoms with Crippen molar-refractivity contribution in [1.29, 1.82) is 0 Å². The predicted octanol–water partition coefficient (Wildman–Crippen LogP) is 4.27. The van der Waals surface area contributed by atoms with Crippen LogP contribution in [0.5, 0.6) is 5.75 Å². The summed E-state index contributed by atoms with van der Waals surface area (Å²) in [5.41, 5.74) is 0.864. The highest BCUT2D eigenvalue weighted by Crippen LogP contribution is 2.42. The predicted molar refractivity (Wildman–Crippen MR) is 110 cm³/mol. The van der Waals surface area contributed by atoms with Crippen molar-refractivity contribution in [3.8, 4) is 5.75 Å². The number of carbonyl (C=O) groups is 2. The van der Waals surface area contributed by atoms with Gasteiger partial charge in [-0.3, -0.25) is 14.5 Å². The third-order valence-electron chi connectivity index (χ3n) is 4.83. The Balaban J connectivity index is 1.92. The Kier molecular flexibility index (Phi) is 5.05. The third-order valence-corrected chi connectivity index (χ3v) is 5.07. The number of carbonyl (C=O) groups excluding carboxylic acids is 2. The molecule has 0 saturated carbocycles. The van der Waals surface area contributed by atoms with E-state index >= 15 is 0 Å². The summed E-state index contributed by atoms with van der Waals surface area (Å²) in [4.78, 5) is 27.1. The lowest BCUT2D eigenvalue weighted by Gasteiger charge is -2.23. The molecular formula is C22H17ClN2O5. The van der Waals surface area contributed by atoms with Crippen LogP contribution in [0.1, 0.15) is 22.9 Å². The zero-order valence-corrected chi connectivity index (χ0v) is 16.9. The van der Waals surface area contributed by atoms with Crippen LogP contribution in [-0.2, 0) is 9.59 Å². The summed E-state index contributed by atoms with van der Waals surface area (Å²) in [5, 5.41) is 15.3. The molecule has 1 N–H and O–H groups in total. The van der Waals surface area contributed by atoms with Crippen LogP contribution in [0.3, 0.4) is 0 Å². The van der Waals surface area contributed by atoms with E-state index in [4.69, 9.17) is 20.9 Å². The van der Waals surface area contributed by atoms with Crippen molar-refractivity contribution in [1.82, 2.24) is 5.16 Å². The summed E-state index contributed by atoms with van der Waals surface area (Å²) in [5.74, 6) is -0.697. The van der Waals surface area contributed by atoms with Crippen LogP contribution in [-0.4, -0.2) is 29.1 Å². The number of halogens is 1. The van der Waals surface area contributed by atoms with Gasteiger partial charge >= 0.3 is 5.91 Å². The van der Waals surface area contributed by atoms with E-state index in [0.29, 0.717) is 27.7 Å². The first-order valence-corrected chi connectivity index (χ1v) is 9.42. The van der Waals surface area contributed by atoms with Gasteiger partial charge in [0.15, 0.2) is 5.82 Å². The van der Waals surface area contributed by atoms with Crippen molar-refractivity contribution in [2.45, 2.75) is 13.0 Å². The maximum Gasteiger partial charge on any atom is 0.301 e. The molecule has 152 valence electrons. The molecule has 1 saturated heterocycles. The average molecular weight is 425 g/mol. The van der Waals surface area contributed by atoms with Gasteiger partial charge in [-0.15, -0.1) is 0 Å². The molecule has 1 aromatic heterocycles. The van der Waals surface area contributed by atoms with Gasteiger partial charge in [0.1, 0.15) is 17.3 Å². The Morgan fingerprint density at radius 3 is 2.50 bits per heavy atom. The number of aryl methyl sites for hydroxylation is 1. The van der Waals surface area contributed by atoms with Crippen LogP contribution in [0.15, 0.2) is 64.7 Å². The lowest BCUT2D eigenvalue weighted by molar-refractivity contribution is -0.132. The Morgan fingerprint density at radius 1 is 1.17 bits per heavy atom. The zero-order valence-electron chi connectivity index (χ0n) is 16.1. The van der Waals surface area contributed by atoms with E-state index in [1.807, 2.05) is 0 Å². The molecule has 2 aromatic carbocycles. The summed E-state index contributed by atoms with van der Waals surface area (Å²) >= 11 is 6.16. The van der Waals surface area contributed by atoms with Crippen molar-refractivity contribution in [3.63, 3.8) is 0 Å². The van der Waals surface area contributed by atoms with E-state index in [1.54, 1.807) is 61.5 Å². The van der Waals surface area contributed by atoms with Crippen molar-refractivity contribution < 1.29 is 24.0 Å². The number of ether oxygens (including phenoxy) is 1. The highest BCUT2D eigenvalue weighted by Gasteiger charge is 2.48. The van der Waals surface area contributed by atoms with Gasteiger partial charge in [-0.05, 0) is 48.9 Å². The summed E-state index contributed by atoms with van der Waals surface area (Å²) < 4.78 is 10.2. The number of ketones is 1. The minimum Gasteiger partial charge on any atom is -0.507 e. The number of hydrogen-bond donors (Lipinski definition) is 1. The van der Waals surface area contributed by atoms with Gasteiger partial charge in [0.05, 0.1) is 18.7 Å². The first-order chi connectivity index (χ1) is 14.4. The Morgan fingerprint density at radius 2 is 1.90 bits per heavy atom. The van der Waals surface area contributed by atoms with Crippen LogP contribution in [0.4, 0.5) is 5.82 Å². The van der Waals surface area contributed by atoms with Gasteiger partial charge in [-0.1, -0.05) is 28.9 Å². The second kappa shape index (κ2) is 7.68. The van der Waals surface area contributed by atoms with E-state index < -0.39 is 17.7 Å². The number of Topliss-reactive ketones (excluding diaryl/α,β-unsaturated/α-hetero) is 1. The normalized spacial score (nSPS) is 18.1. The molecule has 1 fully saturated rings. The van der Waals surface area contributed by atoms with E-state index in [2.05, 4.69) is 5.16 Å². The number of aliphatic hydroxyl groups is 1. The van der Waals surface area contributed by atoms with Gasteiger partial charge in [-0.2, -0.15) is 0 Å². The quantitative estimate of drug-likeness (QED) is 0.382. The number of aliphatic hydroxyl groups excluding tert-OH is 1. The molecule has 1 aliphatic heterocycles. The van der Waals surface area contributed by atoms with E-state index in [9.17, 15) is 14.7 Å². The van der Waals surface area contributed by atoms with Crippen molar-refractivity contribution >= 4 is 34.9 Å². The third kappa shape index (κ3) is 3.33. The Bertz CT molecular complexity index is 1170. The van der Waals surface area contributed by atoms with E-state index in [1.165, 1.54) is 12.0 Å². The largest absolute Gasteiger partial charge is 0.507 e. The number of anilines is 1. The smallest absolute Gasteiger partial charge is 0.301 e. The second-order valence-electron chi connectivity index (χ2n) is 6.75. The first-order valence-electron chi connectivity index (χ1n) is 9.05. The molecule has 0 bridgehead atoms. The van der Waals surface area contributed by atoms with Gasteiger partial charge in [0, 0.05) is 16.7 Å². The van der Waals surface area contributed by atoms with E-state index in [0.717, 1.165) is 0 Å². The monoisotopic (exact) mass is 424 g/mol. The summed E-state index contributed by atoms with van der Waals surface area (Å²) in [6, 6.07) is 13.9. The molecule has 1 amide bonds. The minimum absolute atomic E-state index is 0.0620. The molecular weight excluding hydrogens is 408 g/mol. The number of aromatic nitrogens is 1. The fourth-order valence-corrected chi connectivity index (χ4v) is 3.63. The molecule has 1 aliphatic rings. The van der Waals surface area contributed by atoms with Crippen LogP contribution in [0.25, 0.3) is 5.76 Å². The van der Waals surface area contributed by atoms with Crippen LogP contribution in [0.2, 0.25) is 5.02 Å². The van der Waals surface area contributed by atoms with Crippen molar-refractivity contribution in [2.24, 2.45) is 0 Å². The van der Waals surface area contributed by atoms with Gasteiger partial charge < -0.3 is 14.4 Å². The Labute approximate surface area is 177 Å². The van der Waals surface area contributed by atoms with Crippen LogP contribution >= 0.6 is 11.6 Å². The van der Waals surface area contributed by atoms with Crippen LogP contribution in [0, 0.1) is 6.92 Å². The molecule has 3 aromatic rings. The highest BCUT2D eigenvalue weighted by atomic mass is 35.5. The summed E-state index contributed by atoms with van der Waals surface area (Å²) in [7, 11) is 1.53. The van der Waals surface area contributed by atoms with Gasteiger partial charge in [-0.25, -0.2) is 0 Å². The topological polar surface area (TPSA) is 92.9 Å². The molecule has 8 heteroatoms. The standard InChI is InChI=1S/C22H17ClN2O5/c1-12-10-17(24-30-12)25-19(14-4-3-5-15(23)11-14)18(21(27)22(25)28)20(26)13-6-8-16(29-2)9-7-13/h3-11,19,26H,1-2H3/b20-18+/t19-/m0/s1. The molecule has 0 radical (unpaired) electrons. The number of rotatable bonds is 4. The number of nitrogens with zero attached hydrogens (tertiary/aromatic N) is 2. The lowest BCUT2D eigenvalue weighted by atomic mass is 9.95. The summed E-state index contributed by atoms with van der Waals surface area (Å²) in [6.07, 6.45) is 0. The molecule has 2 heterocycles. The lowest BCUT2D eigenvalue weighted by Crippen LogP contribution is -2.29. The second-order valence-corrected chi connectivity index (χ2v) is 7.18. The molecule has 0 unspecified atom stereocenters. The highest BCUT2D eigenvalue weighted by molar-refractivity contribution is 6.51. The summed E-state index contributed by atoms with van der Waals surface area (Å²) in [6.45, 7) is 1.68. The number of benzene rings is 2. The minimum atomic E-state index is -0.921. The average Bonchev–Trinajstić information content (AvgIpc) is 3.28. The van der Waals surface area contributed by atoms with Gasteiger partial charge in [0.25, 0.3) is 5.78 Å². The van der Waals surface area contributed by atoms with Crippen molar-refractivity contribution in [3.05, 3.63) is 82.1 Å². The molecule has 1 atom stereocenters. The molecule has 0 aliphatic carbocycles. The first kappa shape index (κ1) is 19.7. The number of amides is 1. The van der Waals surface area contributed by atoms with Crippen LogP contribution < -0.4 is 9.64 Å². The molecule has 4 rings (SSSR count). The van der Waals surface area contributed by atoms with E-state index in [-0.39, 0.29) is 17.2 Å². The molecule has 30 heavy (non-hydrogen) atoms. The molecule has 7 nitrogen and oxygen atoms in total. The number of hydrogen-bond acceptors (Lipinski definition) is 6. The van der Waals surface area contributed by atoms with Gasteiger partial charge in [0.2, 0.25) is 0 Å². The number of methoxy groups -OCH3 is 1. The fraction of sp³-hybridized carbons (Fsp3) is 0.136. The maximum atomic E-state index is 13.0. The van der Waals surface area contributed by atoms with Crippen molar-refractivity contribution in [2.75, 3.05) is 12.0 Å². The molecule has 0 spiro atoms. The Hall–Kier alpha value is -3.58. The zero-order chi connectivity index (χ0) is 21.4. The maximum absolute atomic E-state index is 13.0.